The first-order chi connectivity index (χ1) is 9.36. The molecule has 0 heterocycles. The van der Waals surface area contributed by atoms with Gasteiger partial charge in [0, 0.05) is 0 Å². The lowest BCUT2D eigenvalue weighted by atomic mass is 10.1. The molecule has 0 saturated carbocycles. The van der Waals surface area contributed by atoms with Crippen molar-refractivity contribution in [3.8, 4) is 0 Å². The van der Waals surface area contributed by atoms with Gasteiger partial charge in [0.15, 0.2) is 0 Å². The number of sulfonamides is 1. The SMILES string of the molecule is CCOC(=O)[C@H](CC(C)C)NS(=O)(=O)c1ccccc1. The monoisotopic (exact) mass is 299 g/mol. The van der Waals surface area contributed by atoms with E-state index in [1.54, 1.807) is 25.1 Å². The van der Waals surface area contributed by atoms with Gasteiger partial charge in [-0.05, 0) is 31.4 Å². The number of hydrogen-bond donors (Lipinski definition) is 1. The summed E-state index contributed by atoms with van der Waals surface area (Å²) >= 11 is 0. The molecular weight excluding hydrogens is 278 g/mol. The lowest BCUT2D eigenvalue weighted by Crippen LogP contribution is -2.42. The van der Waals surface area contributed by atoms with Crippen molar-refractivity contribution in [2.75, 3.05) is 6.61 Å². The van der Waals surface area contributed by atoms with Gasteiger partial charge in [-0.1, -0.05) is 32.0 Å². The van der Waals surface area contributed by atoms with Gasteiger partial charge >= 0.3 is 5.97 Å². The average molecular weight is 299 g/mol. The number of ether oxygens (including phenoxy) is 1. The highest BCUT2D eigenvalue weighted by Gasteiger charge is 2.27. The molecule has 0 aromatic heterocycles. The number of carbonyl (C=O) groups excluding carboxylic acids is 1. The van der Waals surface area contributed by atoms with Crippen molar-refractivity contribution in [1.29, 1.82) is 0 Å². The number of esters is 1. The Morgan fingerprint density at radius 1 is 1.25 bits per heavy atom. The largest absolute Gasteiger partial charge is 0.465 e. The van der Waals surface area contributed by atoms with E-state index in [4.69, 9.17) is 4.74 Å². The van der Waals surface area contributed by atoms with Gasteiger partial charge < -0.3 is 4.74 Å². The van der Waals surface area contributed by atoms with Gasteiger partial charge in [-0.15, -0.1) is 0 Å². The lowest BCUT2D eigenvalue weighted by molar-refractivity contribution is -0.145. The second-order valence-corrected chi connectivity index (χ2v) is 6.58. The molecular formula is C14H21NO4S. The summed E-state index contributed by atoms with van der Waals surface area (Å²) in [6, 6.07) is 7.11. The molecule has 0 aliphatic heterocycles. The molecule has 0 spiro atoms. The van der Waals surface area contributed by atoms with Crippen LogP contribution in [0.4, 0.5) is 0 Å². The minimum Gasteiger partial charge on any atom is -0.465 e. The van der Waals surface area contributed by atoms with E-state index in [1.807, 2.05) is 13.8 Å². The lowest BCUT2D eigenvalue weighted by Gasteiger charge is -2.19. The van der Waals surface area contributed by atoms with Crippen LogP contribution in [-0.2, 0) is 19.6 Å². The normalized spacial score (nSPS) is 13.2. The Hall–Kier alpha value is -1.40. The van der Waals surface area contributed by atoms with Gasteiger partial charge in [0.25, 0.3) is 0 Å². The highest BCUT2D eigenvalue weighted by atomic mass is 32.2. The zero-order valence-corrected chi connectivity index (χ0v) is 12.8. The van der Waals surface area contributed by atoms with E-state index in [2.05, 4.69) is 4.72 Å². The summed E-state index contributed by atoms with van der Waals surface area (Å²) in [5.41, 5.74) is 0. The van der Waals surface area contributed by atoms with E-state index in [-0.39, 0.29) is 17.4 Å². The second-order valence-electron chi connectivity index (χ2n) is 4.87. The third-order valence-electron chi connectivity index (χ3n) is 2.63. The van der Waals surface area contributed by atoms with Crippen LogP contribution in [0.25, 0.3) is 0 Å². The molecule has 6 heteroatoms. The van der Waals surface area contributed by atoms with Crippen molar-refractivity contribution in [3.63, 3.8) is 0 Å². The zero-order chi connectivity index (χ0) is 15.2. The predicted molar refractivity (Wildman–Crippen MR) is 76.6 cm³/mol. The maximum atomic E-state index is 12.2. The van der Waals surface area contributed by atoms with Crippen LogP contribution >= 0.6 is 0 Å². The van der Waals surface area contributed by atoms with E-state index in [0.29, 0.717) is 6.42 Å². The molecule has 1 aromatic carbocycles. The van der Waals surface area contributed by atoms with Gasteiger partial charge in [0.1, 0.15) is 6.04 Å². The fraction of sp³-hybridized carbons (Fsp3) is 0.500. The fourth-order valence-electron chi connectivity index (χ4n) is 1.76. The van der Waals surface area contributed by atoms with Gasteiger partial charge in [-0.2, -0.15) is 4.72 Å². The van der Waals surface area contributed by atoms with Gasteiger partial charge in [0.2, 0.25) is 10.0 Å². The number of benzene rings is 1. The summed E-state index contributed by atoms with van der Waals surface area (Å²) in [7, 11) is -3.72. The van der Waals surface area contributed by atoms with Crippen molar-refractivity contribution >= 4 is 16.0 Å². The Labute approximate surface area is 120 Å². The Balaban J connectivity index is 2.91. The molecule has 0 aliphatic rings. The molecule has 112 valence electrons. The molecule has 0 radical (unpaired) electrons. The molecule has 0 aliphatic carbocycles. The summed E-state index contributed by atoms with van der Waals surface area (Å²) in [6.45, 7) is 5.75. The quantitative estimate of drug-likeness (QED) is 0.781. The number of rotatable bonds is 7. The van der Waals surface area contributed by atoms with E-state index in [1.165, 1.54) is 12.1 Å². The van der Waals surface area contributed by atoms with Crippen LogP contribution in [0.2, 0.25) is 0 Å². The highest BCUT2D eigenvalue weighted by Crippen LogP contribution is 2.12. The molecule has 0 saturated heterocycles. The molecule has 1 rings (SSSR count). The Morgan fingerprint density at radius 3 is 2.35 bits per heavy atom. The van der Waals surface area contributed by atoms with E-state index >= 15 is 0 Å². The molecule has 1 atom stereocenters. The summed E-state index contributed by atoms with van der Waals surface area (Å²) in [5.74, 6) is -0.372. The zero-order valence-electron chi connectivity index (χ0n) is 12.0. The maximum Gasteiger partial charge on any atom is 0.324 e. The molecule has 1 N–H and O–H groups in total. The number of hydrogen-bond acceptors (Lipinski definition) is 4. The van der Waals surface area contributed by atoms with Crippen molar-refractivity contribution in [3.05, 3.63) is 30.3 Å². The molecule has 1 aromatic rings. The standard InChI is InChI=1S/C14H21NO4S/c1-4-19-14(16)13(10-11(2)3)15-20(17,18)12-8-6-5-7-9-12/h5-9,11,13,15H,4,10H2,1-3H3/t13-/m0/s1. The molecule has 0 amide bonds. The Bertz CT molecular complexity index is 525. The first-order valence-corrected chi connectivity index (χ1v) is 8.09. The van der Waals surface area contributed by atoms with Gasteiger partial charge in [-0.25, -0.2) is 8.42 Å². The molecule has 20 heavy (non-hydrogen) atoms. The predicted octanol–water partition coefficient (Wildman–Crippen LogP) is 1.94. The van der Waals surface area contributed by atoms with Crippen molar-refractivity contribution in [2.24, 2.45) is 5.92 Å². The molecule has 0 bridgehead atoms. The van der Waals surface area contributed by atoms with Crippen LogP contribution in [0.1, 0.15) is 27.2 Å². The van der Waals surface area contributed by atoms with Crippen molar-refractivity contribution in [2.45, 2.75) is 38.1 Å². The van der Waals surface area contributed by atoms with Crippen LogP contribution in [0.15, 0.2) is 35.2 Å². The third-order valence-corrected chi connectivity index (χ3v) is 4.12. The first-order valence-electron chi connectivity index (χ1n) is 6.60. The van der Waals surface area contributed by atoms with Crippen LogP contribution < -0.4 is 4.72 Å². The first kappa shape index (κ1) is 16.7. The van der Waals surface area contributed by atoms with E-state index in [0.717, 1.165) is 0 Å². The Kier molecular flexibility index (Phi) is 6.16. The van der Waals surface area contributed by atoms with E-state index < -0.39 is 22.0 Å². The Morgan fingerprint density at radius 2 is 1.85 bits per heavy atom. The number of nitrogens with one attached hydrogen (secondary N) is 1. The molecule has 5 nitrogen and oxygen atoms in total. The van der Waals surface area contributed by atoms with Crippen molar-refractivity contribution < 1.29 is 17.9 Å². The fourth-order valence-corrected chi connectivity index (χ4v) is 2.98. The molecule has 0 unspecified atom stereocenters. The van der Waals surface area contributed by atoms with Crippen LogP contribution in [0.3, 0.4) is 0 Å². The average Bonchev–Trinajstić information content (AvgIpc) is 2.38. The maximum absolute atomic E-state index is 12.2. The number of carbonyl (C=O) groups is 1. The summed E-state index contributed by atoms with van der Waals surface area (Å²) in [5, 5.41) is 0. The minimum absolute atomic E-state index is 0.137. The van der Waals surface area contributed by atoms with Gasteiger partial charge in [0.05, 0.1) is 11.5 Å². The topological polar surface area (TPSA) is 72.5 Å². The van der Waals surface area contributed by atoms with Gasteiger partial charge in [-0.3, -0.25) is 4.79 Å². The van der Waals surface area contributed by atoms with E-state index in [9.17, 15) is 13.2 Å². The minimum atomic E-state index is -3.72. The summed E-state index contributed by atoms with van der Waals surface area (Å²) in [6.07, 6.45) is 0.394. The summed E-state index contributed by atoms with van der Waals surface area (Å²) < 4.78 is 31.8. The highest BCUT2D eigenvalue weighted by molar-refractivity contribution is 7.89. The third kappa shape index (κ3) is 4.94. The van der Waals surface area contributed by atoms with Crippen LogP contribution in [0.5, 0.6) is 0 Å². The van der Waals surface area contributed by atoms with Crippen LogP contribution in [-0.4, -0.2) is 27.0 Å². The van der Waals surface area contributed by atoms with Crippen molar-refractivity contribution in [1.82, 2.24) is 4.72 Å². The molecule has 0 fully saturated rings. The summed E-state index contributed by atoms with van der Waals surface area (Å²) in [4.78, 5) is 12.0. The second kappa shape index (κ2) is 7.40. The smallest absolute Gasteiger partial charge is 0.324 e. The van der Waals surface area contributed by atoms with Crippen LogP contribution in [0, 0.1) is 5.92 Å².